The van der Waals surface area contributed by atoms with E-state index < -0.39 is 0 Å². The predicted molar refractivity (Wildman–Crippen MR) is 74.9 cm³/mol. The highest BCUT2D eigenvalue weighted by atomic mass is 32.2. The number of aromatic nitrogens is 1. The van der Waals surface area contributed by atoms with Gasteiger partial charge in [-0.1, -0.05) is 18.2 Å². The highest BCUT2D eigenvalue weighted by Crippen LogP contribution is 2.35. The Labute approximate surface area is 109 Å². The molecule has 1 aromatic heterocycles. The first-order valence-electron chi connectivity index (χ1n) is 5.73. The number of thioether (sulfide) groups is 1. The molecule has 18 heavy (non-hydrogen) atoms. The van der Waals surface area contributed by atoms with Gasteiger partial charge in [0, 0.05) is 27.7 Å². The van der Waals surface area contributed by atoms with Crippen molar-refractivity contribution in [3.8, 4) is 0 Å². The number of rotatable bonds is 1. The number of amides is 1. The Morgan fingerprint density at radius 3 is 2.94 bits per heavy atom. The van der Waals surface area contributed by atoms with E-state index in [4.69, 9.17) is 0 Å². The van der Waals surface area contributed by atoms with Crippen LogP contribution in [0.1, 0.15) is 12.5 Å². The summed E-state index contributed by atoms with van der Waals surface area (Å²) in [6.45, 7) is 1.94. The van der Waals surface area contributed by atoms with Gasteiger partial charge in [0.15, 0.2) is 0 Å². The number of carbonyl (C=O) groups excluding carboxylic acids is 1. The lowest BCUT2D eigenvalue weighted by Crippen LogP contribution is -2.27. The molecule has 0 aliphatic carbocycles. The van der Waals surface area contributed by atoms with Crippen LogP contribution in [-0.2, 0) is 4.79 Å². The summed E-state index contributed by atoms with van der Waals surface area (Å²) in [6.07, 6.45) is 1.81. The molecule has 1 aromatic carbocycles. The van der Waals surface area contributed by atoms with Crippen LogP contribution in [0.5, 0.6) is 0 Å². The first kappa shape index (κ1) is 11.3. The number of carbonyl (C=O) groups is 1. The Balaban J connectivity index is 2.21. The Kier molecular flexibility index (Phi) is 2.80. The van der Waals surface area contributed by atoms with Gasteiger partial charge >= 0.3 is 0 Å². The Morgan fingerprint density at radius 2 is 2.11 bits per heavy atom. The first-order valence-corrected chi connectivity index (χ1v) is 6.72. The highest BCUT2D eigenvalue weighted by molar-refractivity contribution is 8.09. The summed E-state index contributed by atoms with van der Waals surface area (Å²) in [7, 11) is 0. The predicted octanol–water partition coefficient (Wildman–Crippen LogP) is 2.79. The Morgan fingerprint density at radius 1 is 1.28 bits per heavy atom. The van der Waals surface area contributed by atoms with Crippen LogP contribution in [0.2, 0.25) is 0 Å². The number of allylic oxidation sites excluding steroid dienone is 1. The molecule has 0 bridgehead atoms. The maximum atomic E-state index is 11.3. The maximum absolute atomic E-state index is 11.3. The van der Waals surface area contributed by atoms with Crippen LogP contribution in [0.3, 0.4) is 0 Å². The van der Waals surface area contributed by atoms with Crippen molar-refractivity contribution in [1.82, 2.24) is 10.3 Å². The molecule has 0 radical (unpaired) electrons. The Bertz CT molecular complexity index is 658. The fourth-order valence-electron chi connectivity index (χ4n) is 2.12. The minimum absolute atomic E-state index is 0.0691. The lowest BCUT2D eigenvalue weighted by Gasteiger charge is -2.19. The van der Waals surface area contributed by atoms with Crippen molar-refractivity contribution in [2.75, 3.05) is 5.75 Å². The van der Waals surface area contributed by atoms with Crippen LogP contribution in [-0.4, -0.2) is 16.6 Å². The zero-order valence-electron chi connectivity index (χ0n) is 9.93. The minimum Gasteiger partial charge on any atom is -0.328 e. The average Bonchev–Trinajstić information content (AvgIpc) is 2.38. The van der Waals surface area contributed by atoms with E-state index in [0.717, 1.165) is 27.1 Å². The van der Waals surface area contributed by atoms with Crippen LogP contribution >= 0.6 is 11.8 Å². The topological polar surface area (TPSA) is 42.0 Å². The van der Waals surface area contributed by atoms with E-state index in [1.165, 1.54) is 0 Å². The van der Waals surface area contributed by atoms with Crippen LogP contribution in [0, 0.1) is 0 Å². The van der Waals surface area contributed by atoms with Crippen molar-refractivity contribution in [3.05, 3.63) is 47.8 Å². The number of benzene rings is 1. The summed E-state index contributed by atoms with van der Waals surface area (Å²) in [5.41, 5.74) is 3.04. The fraction of sp³-hybridized carbons (Fsp3) is 0.143. The van der Waals surface area contributed by atoms with Crippen molar-refractivity contribution in [2.45, 2.75) is 6.92 Å². The number of para-hydroxylation sites is 1. The van der Waals surface area contributed by atoms with Crippen LogP contribution in [0.25, 0.3) is 15.8 Å². The monoisotopic (exact) mass is 256 g/mol. The Hall–Kier alpha value is -1.81. The summed E-state index contributed by atoms with van der Waals surface area (Å²) in [5.74, 6) is 0.545. The summed E-state index contributed by atoms with van der Waals surface area (Å²) in [4.78, 5) is 16.8. The zero-order valence-corrected chi connectivity index (χ0v) is 10.8. The van der Waals surface area contributed by atoms with E-state index in [9.17, 15) is 4.79 Å². The molecule has 4 heteroatoms. The van der Waals surface area contributed by atoms with Crippen molar-refractivity contribution < 1.29 is 4.79 Å². The quantitative estimate of drug-likeness (QED) is 0.853. The van der Waals surface area contributed by atoms with E-state index in [-0.39, 0.29) is 5.91 Å². The summed E-state index contributed by atoms with van der Waals surface area (Å²) in [6, 6.07) is 10.1. The van der Waals surface area contributed by atoms with Crippen molar-refractivity contribution in [3.63, 3.8) is 0 Å². The van der Waals surface area contributed by atoms with E-state index >= 15 is 0 Å². The molecule has 0 saturated heterocycles. The average molecular weight is 256 g/mol. The lowest BCUT2D eigenvalue weighted by molar-refractivity contribution is -0.117. The molecule has 3 nitrogen and oxygen atoms in total. The molecule has 1 N–H and O–H groups in total. The molecule has 2 heterocycles. The minimum atomic E-state index is 0.0691. The molecule has 1 amide bonds. The zero-order chi connectivity index (χ0) is 12.5. The third-order valence-corrected chi connectivity index (χ3v) is 4.13. The van der Waals surface area contributed by atoms with E-state index in [0.29, 0.717) is 5.75 Å². The number of pyridine rings is 1. The van der Waals surface area contributed by atoms with E-state index in [2.05, 4.69) is 16.4 Å². The molecular formula is C14H12N2OS. The van der Waals surface area contributed by atoms with E-state index in [1.54, 1.807) is 11.8 Å². The van der Waals surface area contributed by atoms with Crippen LogP contribution in [0.4, 0.5) is 0 Å². The molecular weight excluding hydrogens is 244 g/mol. The van der Waals surface area contributed by atoms with Gasteiger partial charge in [-0.05, 0) is 19.1 Å². The summed E-state index contributed by atoms with van der Waals surface area (Å²) >= 11 is 1.59. The van der Waals surface area contributed by atoms with E-state index in [1.807, 2.05) is 37.4 Å². The highest BCUT2D eigenvalue weighted by Gasteiger charge is 2.18. The van der Waals surface area contributed by atoms with Gasteiger partial charge in [0.25, 0.3) is 0 Å². The lowest BCUT2D eigenvalue weighted by atomic mass is 10.1. The van der Waals surface area contributed by atoms with Gasteiger partial charge in [-0.15, -0.1) is 11.8 Å². The third-order valence-electron chi connectivity index (χ3n) is 2.91. The SMILES string of the molecule is CC1=C(c2ccnc3ccccc23)SCC(=O)N1. The van der Waals surface area contributed by atoms with Gasteiger partial charge in [0.2, 0.25) is 5.91 Å². The van der Waals surface area contributed by atoms with Crippen molar-refractivity contribution in [2.24, 2.45) is 0 Å². The maximum Gasteiger partial charge on any atom is 0.234 e. The summed E-state index contributed by atoms with van der Waals surface area (Å²) in [5, 5.41) is 4.02. The van der Waals surface area contributed by atoms with Gasteiger partial charge in [-0.25, -0.2) is 0 Å². The van der Waals surface area contributed by atoms with Crippen molar-refractivity contribution in [1.29, 1.82) is 0 Å². The standard InChI is InChI=1S/C14H12N2OS/c1-9-14(18-8-13(17)16-9)11-6-7-15-12-5-3-2-4-10(11)12/h2-7H,8H2,1H3,(H,16,17). The molecule has 0 spiro atoms. The van der Waals surface area contributed by atoms with Gasteiger partial charge in [0.05, 0.1) is 11.3 Å². The number of hydrogen-bond acceptors (Lipinski definition) is 3. The number of nitrogens with zero attached hydrogens (tertiary/aromatic N) is 1. The molecule has 1 aliphatic heterocycles. The second-order valence-corrected chi connectivity index (χ2v) is 5.15. The van der Waals surface area contributed by atoms with Gasteiger partial charge in [-0.3, -0.25) is 9.78 Å². The number of fused-ring (bicyclic) bond motifs is 1. The number of nitrogens with one attached hydrogen (secondary N) is 1. The van der Waals surface area contributed by atoms with Crippen molar-refractivity contribution >= 4 is 33.5 Å². The molecule has 0 fully saturated rings. The van der Waals surface area contributed by atoms with Gasteiger partial charge < -0.3 is 5.32 Å². The second kappa shape index (κ2) is 4.46. The smallest absolute Gasteiger partial charge is 0.234 e. The second-order valence-electron chi connectivity index (χ2n) is 4.17. The fourth-order valence-corrected chi connectivity index (χ4v) is 3.07. The molecule has 0 saturated carbocycles. The molecule has 1 aliphatic rings. The largest absolute Gasteiger partial charge is 0.328 e. The third kappa shape index (κ3) is 1.88. The molecule has 2 aromatic rings. The normalized spacial score (nSPS) is 15.9. The molecule has 0 unspecified atom stereocenters. The van der Waals surface area contributed by atoms with Crippen LogP contribution < -0.4 is 5.32 Å². The molecule has 0 atom stereocenters. The van der Waals surface area contributed by atoms with Crippen LogP contribution in [0.15, 0.2) is 42.2 Å². The van der Waals surface area contributed by atoms with Gasteiger partial charge in [-0.2, -0.15) is 0 Å². The molecule has 90 valence electrons. The summed E-state index contributed by atoms with van der Waals surface area (Å²) < 4.78 is 0. The molecule has 3 rings (SSSR count). The first-order chi connectivity index (χ1) is 8.75. The number of hydrogen-bond donors (Lipinski definition) is 1. The van der Waals surface area contributed by atoms with Gasteiger partial charge in [0.1, 0.15) is 0 Å².